The molecule has 0 saturated heterocycles. The normalized spacial score (nSPS) is 11.0. The summed E-state index contributed by atoms with van der Waals surface area (Å²) in [4.78, 5) is 24.2. The first-order valence-corrected chi connectivity index (χ1v) is 6.89. The van der Waals surface area contributed by atoms with Crippen LogP contribution in [0.1, 0.15) is 5.56 Å². The minimum Gasteiger partial charge on any atom is -0.502 e. The summed E-state index contributed by atoms with van der Waals surface area (Å²) in [5.74, 6) is -0.585. The van der Waals surface area contributed by atoms with Crippen molar-refractivity contribution in [3.05, 3.63) is 67.8 Å². The van der Waals surface area contributed by atoms with Crippen molar-refractivity contribution in [1.82, 2.24) is 14.3 Å². The number of benzene rings is 1. The molecule has 3 aromatic rings. The van der Waals surface area contributed by atoms with Gasteiger partial charge in [-0.1, -0.05) is 23.7 Å². The van der Waals surface area contributed by atoms with Gasteiger partial charge in [0.05, 0.1) is 6.54 Å². The lowest BCUT2D eigenvalue weighted by molar-refractivity contribution is 0.462. The molecular formula is C15H12ClN3O3. The fourth-order valence-corrected chi connectivity index (χ4v) is 2.51. The first kappa shape index (κ1) is 14.3. The predicted molar refractivity (Wildman–Crippen MR) is 83.5 cm³/mol. The Bertz CT molecular complexity index is 991. The summed E-state index contributed by atoms with van der Waals surface area (Å²) in [7, 11) is 1.42. The lowest BCUT2D eigenvalue weighted by Gasteiger charge is -2.09. The topological polar surface area (TPSA) is 77.1 Å². The lowest BCUT2D eigenvalue weighted by atomic mass is 10.2. The molecule has 0 saturated carbocycles. The van der Waals surface area contributed by atoms with Gasteiger partial charge < -0.3 is 9.67 Å². The molecule has 0 atom stereocenters. The first-order chi connectivity index (χ1) is 10.5. The molecule has 1 aromatic carbocycles. The molecule has 6 nitrogen and oxygen atoms in total. The number of aromatic nitrogens is 3. The van der Waals surface area contributed by atoms with Gasteiger partial charge in [0, 0.05) is 18.3 Å². The van der Waals surface area contributed by atoms with Crippen LogP contribution in [-0.2, 0) is 13.6 Å². The van der Waals surface area contributed by atoms with E-state index in [2.05, 4.69) is 5.10 Å². The Morgan fingerprint density at radius 2 is 2.00 bits per heavy atom. The predicted octanol–water partition coefficient (Wildman–Crippen LogP) is 1.50. The van der Waals surface area contributed by atoms with Gasteiger partial charge in [-0.2, -0.15) is 5.10 Å². The van der Waals surface area contributed by atoms with Crippen molar-refractivity contribution < 1.29 is 5.11 Å². The monoisotopic (exact) mass is 317 g/mol. The summed E-state index contributed by atoms with van der Waals surface area (Å²) in [6, 6.07) is 8.71. The number of halogens is 1. The molecule has 22 heavy (non-hydrogen) atoms. The Kier molecular flexibility index (Phi) is 3.46. The number of aromatic hydroxyl groups is 1. The SMILES string of the molecule is Cn1nc2ccn(Cc3cccc(Cl)c3)c(=O)c2c(O)c1=O. The van der Waals surface area contributed by atoms with Crippen molar-refractivity contribution in [3.8, 4) is 5.75 Å². The quantitative estimate of drug-likeness (QED) is 0.777. The van der Waals surface area contributed by atoms with E-state index in [1.165, 1.54) is 11.6 Å². The minimum atomic E-state index is -0.704. The van der Waals surface area contributed by atoms with Crippen LogP contribution in [0.5, 0.6) is 5.75 Å². The number of rotatable bonds is 2. The van der Waals surface area contributed by atoms with E-state index in [1.54, 1.807) is 30.5 Å². The third-order valence-electron chi connectivity index (χ3n) is 3.38. The van der Waals surface area contributed by atoms with Crippen molar-refractivity contribution in [2.75, 3.05) is 0 Å². The fourth-order valence-electron chi connectivity index (χ4n) is 2.29. The van der Waals surface area contributed by atoms with Gasteiger partial charge in [0.2, 0.25) is 0 Å². The molecule has 2 aromatic heterocycles. The first-order valence-electron chi connectivity index (χ1n) is 6.51. The van der Waals surface area contributed by atoms with Crippen LogP contribution in [-0.4, -0.2) is 19.5 Å². The fraction of sp³-hybridized carbons (Fsp3) is 0.133. The van der Waals surface area contributed by atoms with Crippen molar-refractivity contribution in [1.29, 1.82) is 0 Å². The molecule has 3 rings (SSSR count). The zero-order valence-electron chi connectivity index (χ0n) is 11.7. The van der Waals surface area contributed by atoms with Gasteiger partial charge in [0.25, 0.3) is 5.56 Å². The van der Waals surface area contributed by atoms with Gasteiger partial charge >= 0.3 is 5.56 Å². The van der Waals surface area contributed by atoms with Crippen molar-refractivity contribution >= 4 is 22.5 Å². The van der Waals surface area contributed by atoms with Gasteiger partial charge in [0.1, 0.15) is 10.9 Å². The van der Waals surface area contributed by atoms with Crippen LogP contribution >= 0.6 is 11.6 Å². The number of hydrogen-bond donors (Lipinski definition) is 1. The summed E-state index contributed by atoms with van der Waals surface area (Å²) in [6.45, 7) is 0.282. The summed E-state index contributed by atoms with van der Waals surface area (Å²) < 4.78 is 2.40. The lowest BCUT2D eigenvalue weighted by Crippen LogP contribution is -2.25. The van der Waals surface area contributed by atoms with Crippen LogP contribution in [0.4, 0.5) is 0 Å². The number of hydrogen-bond acceptors (Lipinski definition) is 4. The second-order valence-corrected chi connectivity index (χ2v) is 5.35. The Hall–Kier alpha value is -2.60. The number of pyridine rings is 1. The largest absolute Gasteiger partial charge is 0.502 e. The van der Waals surface area contributed by atoms with Crippen molar-refractivity contribution in [3.63, 3.8) is 0 Å². The van der Waals surface area contributed by atoms with E-state index in [4.69, 9.17) is 11.6 Å². The summed E-state index contributed by atoms with van der Waals surface area (Å²) >= 11 is 5.93. The highest BCUT2D eigenvalue weighted by atomic mass is 35.5. The molecule has 2 heterocycles. The molecule has 112 valence electrons. The Morgan fingerprint density at radius 1 is 1.23 bits per heavy atom. The molecule has 7 heteroatoms. The van der Waals surface area contributed by atoms with Gasteiger partial charge in [-0.25, -0.2) is 4.68 Å². The Labute approximate surface area is 129 Å². The van der Waals surface area contributed by atoms with Gasteiger partial charge in [-0.15, -0.1) is 0 Å². The van der Waals surface area contributed by atoms with Gasteiger partial charge in [-0.3, -0.25) is 9.59 Å². The molecule has 0 radical (unpaired) electrons. The molecule has 0 fully saturated rings. The standard InChI is InChI=1S/C15H12ClN3O3/c1-18-15(22)13(20)12-11(17-18)5-6-19(14(12)21)8-9-3-2-4-10(16)7-9/h2-7,20H,8H2,1H3. The molecule has 0 unspecified atom stereocenters. The summed E-state index contributed by atoms with van der Waals surface area (Å²) in [5, 5.41) is 14.4. The molecule has 0 amide bonds. The number of aryl methyl sites for hydroxylation is 1. The van der Waals surface area contributed by atoms with Crippen LogP contribution in [0, 0.1) is 0 Å². The highest BCUT2D eigenvalue weighted by Crippen LogP contribution is 2.15. The molecular weight excluding hydrogens is 306 g/mol. The summed E-state index contributed by atoms with van der Waals surface area (Å²) in [6.07, 6.45) is 1.57. The van der Waals surface area contributed by atoms with Crippen molar-refractivity contribution in [2.24, 2.45) is 7.05 Å². The van der Waals surface area contributed by atoms with E-state index >= 15 is 0 Å². The van der Waals surface area contributed by atoms with E-state index in [1.807, 2.05) is 6.07 Å². The average molecular weight is 318 g/mol. The van der Waals surface area contributed by atoms with Crippen LogP contribution in [0.3, 0.4) is 0 Å². The van der Waals surface area contributed by atoms with Crippen LogP contribution in [0.2, 0.25) is 5.02 Å². The second-order valence-electron chi connectivity index (χ2n) is 4.92. The molecule has 0 aliphatic carbocycles. The molecule has 1 N–H and O–H groups in total. The number of nitrogens with zero attached hydrogens (tertiary/aromatic N) is 3. The van der Waals surface area contributed by atoms with Gasteiger partial charge in [-0.05, 0) is 23.8 Å². The average Bonchev–Trinajstić information content (AvgIpc) is 2.48. The van der Waals surface area contributed by atoms with E-state index in [9.17, 15) is 14.7 Å². The van der Waals surface area contributed by atoms with E-state index < -0.39 is 16.9 Å². The third-order valence-corrected chi connectivity index (χ3v) is 3.61. The highest BCUT2D eigenvalue weighted by Gasteiger charge is 2.13. The molecule has 0 aliphatic rings. The summed E-state index contributed by atoms with van der Waals surface area (Å²) in [5.41, 5.74) is -0.0672. The third kappa shape index (κ3) is 2.37. The molecule has 0 aliphatic heterocycles. The number of fused-ring (bicyclic) bond motifs is 1. The van der Waals surface area contributed by atoms with E-state index in [0.29, 0.717) is 5.02 Å². The van der Waals surface area contributed by atoms with E-state index in [0.717, 1.165) is 10.2 Å². The Morgan fingerprint density at radius 3 is 2.73 bits per heavy atom. The van der Waals surface area contributed by atoms with E-state index in [-0.39, 0.29) is 17.4 Å². The van der Waals surface area contributed by atoms with Crippen LogP contribution in [0.25, 0.3) is 10.9 Å². The zero-order valence-corrected chi connectivity index (χ0v) is 12.4. The van der Waals surface area contributed by atoms with Crippen molar-refractivity contribution in [2.45, 2.75) is 6.54 Å². The second kappa shape index (κ2) is 5.31. The molecule has 0 bridgehead atoms. The van der Waals surface area contributed by atoms with Crippen LogP contribution in [0.15, 0.2) is 46.1 Å². The molecule has 0 spiro atoms. The maximum atomic E-state index is 12.5. The maximum absolute atomic E-state index is 12.5. The zero-order chi connectivity index (χ0) is 15.9. The smallest absolute Gasteiger partial charge is 0.309 e. The maximum Gasteiger partial charge on any atom is 0.309 e. The Balaban J connectivity index is 2.19. The minimum absolute atomic E-state index is 0.0763. The highest BCUT2D eigenvalue weighted by molar-refractivity contribution is 6.30. The van der Waals surface area contributed by atoms with Gasteiger partial charge in [0.15, 0.2) is 5.75 Å². The van der Waals surface area contributed by atoms with Crippen LogP contribution < -0.4 is 11.1 Å².